The van der Waals surface area contributed by atoms with Gasteiger partial charge in [-0.1, -0.05) is 17.3 Å². The zero-order valence-corrected chi connectivity index (χ0v) is 19.6. The number of rotatable bonds is 7. The Labute approximate surface area is 197 Å². The number of methoxy groups -OCH3 is 2. The number of hydrogen-bond donors (Lipinski definition) is 2. The van der Waals surface area contributed by atoms with E-state index in [2.05, 4.69) is 33.0 Å². The highest BCUT2D eigenvalue weighted by atomic mass is 32.2. The molecule has 3 aromatic rings. The minimum atomic E-state index is 0.182. The highest BCUT2D eigenvalue weighted by Gasteiger charge is 2.50. The van der Waals surface area contributed by atoms with Crippen molar-refractivity contribution in [1.29, 1.82) is 0 Å². The van der Waals surface area contributed by atoms with Crippen molar-refractivity contribution in [1.82, 2.24) is 5.16 Å². The Bertz CT molecular complexity index is 1180. The van der Waals surface area contributed by atoms with Crippen LogP contribution in [-0.4, -0.2) is 43.7 Å². The molecule has 1 saturated carbocycles. The Kier molecular flexibility index (Phi) is 4.96. The van der Waals surface area contributed by atoms with E-state index in [1.807, 2.05) is 18.2 Å². The zero-order chi connectivity index (χ0) is 22.6. The van der Waals surface area contributed by atoms with Gasteiger partial charge in [-0.15, -0.1) is 0 Å². The number of ether oxygens (including phenoxy) is 2. The number of nitrogens with one attached hydrogen (secondary N) is 1. The van der Waals surface area contributed by atoms with E-state index < -0.39 is 0 Å². The van der Waals surface area contributed by atoms with Crippen molar-refractivity contribution in [2.24, 2.45) is 0 Å². The fraction of sp³-hybridized carbons (Fsp3) is 0.400. The molecule has 2 N–H and O–H groups in total. The number of aromatic nitrogens is 1. The number of nitrogens with zero attached hydrogens (tertiary/aromatic N) is 2. The monoisotopic (exact) mass is 465 g/mol. The van der Waals surface area contributed by atoms with Gasteiger partial charge in [0.2, 0.25) is 0 Å². The van der Waals surface area contributed by atoms with E-state index in [9.17, 15) is 5.11 Å². The van der Waals surface area contributed by atoms with Crippen molar-refractivity contribution in [2.75, 3.05) is 37.0 Å². The Morgan fingerprint density at radius 1 is 1.21 bits per heavy atom. The van der Waals surface area contributed by atoms with Gasteiger partial charge in [-0.2, -0.15) is 0 Å². The largest absolute Gasteiger partial charge is 0.495 e. The topological polar surface area (TPSA) is 80.0 Å². The lowest BCUT2D eigenvalue weighted by Gasteiger charge is -2.42. The van der Waals surface area contributed by atoms with E-state index in [0.29, 0.717) is 0 Å². The summed E-state index contributed by atoms with van der Waals surface area (Å²) in [6.07, 6.45) is 4.32. The molecule has 2 heterocycles. The summed E-state index contributed by atoms with van der Waals surface area (Å²) in [5.74, 6) is 3.08. The SMILES string of the molecule is COc1cccc(OC)c1SNc1noc2c1CC1(CC1)c1ccc(N3CCC3CO)cc1-2. The molecule has 1 atom stereocenters. The Hall–Kier alpha value is -2.84. The summed E-state index contributed by atoms with van der Waals surface area (Å²) in [6.45, 7) is 1.16. The third-order valence-electron chi connectivity index (χ3n) is 7.29. The van der Waals surface area contributed by atoms with Gasteiger partial charge in [-0.05, 0) is 67.5 Å². The summed E-state index contributed by atoms with van der Waals surface area (Å²) in [4.78, 5) is 3.14. The van der Waals surface area contributed by atoms with Crippen LogP contribution in [0.15, 0.2) is 45.8 Å². The van der Waals surface area contributed by atoms with Gasteiger partial charge in [0.25, 0.3) is 0 Å². The van der Waals surface area contributed by atoms with Crippen LogP contribution in [0.2, 0.25) is 0 Å². The molecule has 2 aliphatic carbocycles. The first-order valence-electron chi connectivity index (χ1n) is 11.3. The molecule has 0 amide bonds. The van der Waals surface area contributed by atoms with Crippen molar-refractivity contribution >= 4 is 23.5 Å². The van der Waals surface area contributed by atoms with Crippen LogP contribution in [0.3, 0.4) is 0 Å². The molecule has 1 unspecified atom stereocenters. The Balaban J connectivity index is 1.34. The van der Waals surface area contributed by atoms with Crippen molar-refractivity contribution in [3.05, 3.63) is 47.5 Å². The molecule has 7 nitrogen and oxygen atoms in total. The number of hydrogen-bond acceptors (Lipinski definition) is 8. The van der Waals surface area contributed by atoms with Crippen molar-refractivity contribution < 1.29 is 19.1 Å². The molecular formula is C25H27N3O4S. The van der Waals surface area contributed by atoms with Crippen LogP contribution >= 0.6 is 11.9 Å². The minimum Gasteiger partial charge on any atom is -0.495 e. The van der Waals surface area contributed by atoms with E-state index in [-0.39, 0.29) is 18.1 Å². The first-order chi connectivity index (χ1) is 16.2. The van der Waals surface area contributed by atoms with E-state index in [1.165, 1.54) is 30.4 Å². The summed E-state index contributed by atoms with van der Waals surface area (Å²) in [5.41, 5.74) is 4.94. The van der Waals surface area contributed by atoms with Gasteiger partial charge in [0, 0.05) is 28.8 Å². The predicted octanol–water partition coefficient (Wildman–Crippen LogP) is 4.64. The van der Waals surface area contributed by atoms with E-state index in [1.54, 1.807) is 14.2 Å². The lowest BCUT2D eigenvalue weighted by Crippen LogP contribution is -2.50. The lowest BCUT2D eigenvalue weighted by molar-refractivity contribution is 0.226. The first-order valence-corrected chi connectivity index (χ1v) is 12.1. The molecule has 1 saturated heterocycles. The maximum atomic E-state index is 9.64. The molecule has 1 spiro atoms. The van der Waals surface area contributed by atoms with Gasteiger partial charge in [-0.25, -0.2) is 0 Å². The highest BCUT2D eigenvalue weighted by molar-refractivity contribution is 8.00. The third kappa shape index (κ3) is 3.27. The second-order valence-electron chi connectivity index (χ2n) is 9.04. The summed E-state index contributed by atoms with van der Waals surface area (Å²) in [7, 11) is 3.31. The van der Waals surface area contributed by atoms with Crippen LogP contribution in [-0.2, 0) is 11.8 Å². The van der Waals surface area contributed by atoms with Crippen LogP contribution in [0.25, 0.3) is 11.3 Å². The molecule has 2 aromatic carbocycles. The van der Waals surface area contributed by atoms with Gasteiger partial charge in [0.05, 0.1) is 26.9 Å². The average Bonchev–Trinajstić information content (AvgIpc) is 3.47. The number of aliphatic hydroxyl groups excluding tert-OH is 1. The predicted molar refractivity (Wildman–Crippen MR) is 128 cm³/mol. The van der Waals surface area contributed by atoms with Crippen molar-refractivity contribution in [2.45, 2.75) is 42.0 Å². The lowest BCUT2D eigenvalue weighted by atomic mass is 9.79. The summed E-state index contributed by atoms with van der Waals surface area (Å²) < 4.78 is 20.4. The fourth-order valence-corrected chi connectivity index (χ4v) is 6.01. The molecule has 6 rings (SSSR count). The molecule has 8 heteroatoms. The smallest absolute Gasteiger partial charge is 0.183 e. The maximum absolute atomic E-state index is 9.64. The average molecular weight is 466 g/mol. The number of benzene rings is 2. The molecule has 33 heavy (non-hydrogen) atoms. The van der Waals surface area contributed by atoms with Gasteiger partial charge in [0.1, 0.15) is 16.4 Å². The van der Waals surface area contributed by atoms with Crippen LogP contribution in [0.4, 0.5) is 11.5 Å². The second kappa shape index (κ2) is 7.88. The standard InChI is InChI=1S/C25H27N3O4S/c1-30-20-4-3-5-21(31-2)23(20)33-27-24-18-13-25(9-10-25)19-7-6-15(28-11-8-16(28)14-29)12-17(19)22(18)32-26-24/h3-7,12,16,29H,8-11,13-14H2,1-2H3,(H,26,27). The van der Waals surface area contributed by atoms with Gasteiger partial charge in [-0.3, -0.25) is 0 Å². The van der Waals surface area contributed by atoms with Gasteiger partial charge >= 0.3 is 0 Å². The minimum absolute atomic E-state index is 0.182. The Morgan fingerprint density at radius 2 is 2.00 bits per heavy atom. The fourth-order valence-electron chi connectivity index (χ4n) is 5.14. The summed E-state index contributed by atoms with van der Waals surface area (Å²) >= 11 is 1.42. The first kappa shape index (κ1) is 20.7. The number of fused-ring (bicyclic) bond motifs is 4. The van der Waals surface area contributed by atoms with Crippen LogP contribution in [0.1, 0.15) is 30.4 Å². The molecule has 1 aliphatic heterocycles. The summed E-state index contributed by atoms with van der Waals surface area (Å²) in [6, 6.07) is 12.6. The normalized spacial score (nSPS) is 19.5. The van der Waals surface area contributed by atoms with Crippen LogP contribution in [0.5, 0.6) is 11.5 Å². The van der Waals surface area contributed by atoms with E-state index in [4.69, 9.17) is 14.0 Å². The van der Waals surface area contributed by atoms with E-state index >= 15 is 0 Å². The maximum Gasteiger partial charge on any atom is 0.183 e. The molecule has 172 valence electrons. The van der Waals surface area contributed by atoms with Gasteiger partial charge < -0.3 is 28.7 Å². The number of anilines is 2. The van der Waals surface area contributed by atoms with Gasteiger partial charge in [0.15, 0.2) is 11.6 Å². The molecule has 1 aromatic heterocycles. The molecule has 2 fully saturated rings. The second-order valence-corrected chi connectivity index (χ2v) is 9.86. The Morgan fingerprint density at radius 3 is 2.64 bits per heavy atom. The number of aliphatic hydroxyl groups is 1. The van der Waals surface area contributed by atoms with Crippen molar-refractivity contribution in [3.8, 4) is 22.8 Å². The molecular weight excluding hydrogens is 438 g/mol. The third-order valence-corrected chi connectivity index (χ3v) is 8.20. The highest BCUT2D eigenvalue weighted by Crippen LogP contribution is 2.59. The quantitative estimate of drug-likeness (QED) is 0.489. The van der Waals surface area contributed by atoms with Crippen molar-refractivity contribution in [3.63, 3.8) is 0 Å². The molecule has 0 bridgehead atoms. The summed E-state index contributed by atoms with van der Waals surface area (Å²) in [5, 5.41) is 14.1. The van der Waals surface area contributed by atoms with Crippen LogP contribution in [0, 0.1) is 0 Å². The van der Waals surface area contributed by atoms with E-state index in [0.717, 1.165) is 64.2 Å². The molecule has 3 aliphatic rings. The van der Waals surface area contributed by atoms with Crippen LogP contribution < -0.4 is 19.1 Å². The zero-order valence-electron chi connectivity index (χ0n) is 18.8. The molecule has 0 radical (unpaired) electrons.